The Labute approximate surface area is 100 Å². The van der Waals surface area contributed by atoms with Gasteiger partial charge in [-0.15, -0.1) is 0 Å². The van der Waals surface area contributed by atoms with Crippen LogP contribution in [0.4, 0.5) is 0 Å². The second-order valence-corrected chi connectivity index (χ2v) is 5.93. The Hall–Kier alpha value is -0.570. The molecule has 1 amide bonds. The summed E-state index contributed by atoms with van der Waals surface area (Å²) in [6.45, 7) is 11.8. The minimum Gasteiger partial charge on any atom is -0.355 e. The second-order valence-electron chi connectivity index (χ2n) is 5.93. The molecule has 0 aliphatic heterocycles. The van der Waals surface area contributed by atoms with Gasteiger partial charge < -0.3 is 11.1 Å². The summed E-state index contributed by atoms with van der Waals surface area (Å²) in [5, 5.41) is 3.01. The standard InChI is InChI=1S/C13H28N2O/c1-6-13(7-2,9-14)10-15-11(16)8-12(3,4)5/h6-10,14H2,1-5H3,(H,15,16). The Morgan fingerprint density at radius 2 is 1.69 bits per heavy atom. The second kappa shape index (κ2) is 6.24. The molecule has 0 heterocycles. The Morgan fingerprint density at radius 3 is 2.00 bits per heavy atom. The van der Waals surface area contributed by atoms with Crippen molar-refractivity contribution in [3.8, 4) is 0 Å². The van der Waals surface area contributed by atoms with Crippen LogP contribution < -0.4 is 11.1 Å². The minimum absolute atomic E-state index is 0.0495. The minimum atomic E-state index is 0.0495. The largest absolute Gasteiger partial charge is 0.355 e. The highest BCUT2D eigenvalue weighted by atomic mass is 16.1. The normalized spacial score (nSPS) is 12.6. The van der Waals surface area contributed by atoms with Crippen LogP contribution in [-0.4, -0.2) is 19.0 Å². The lowest BCUT2D eigenvalue weighted by molar-refractivity contribution is -0.123. The van der Waals surface area contributed by atoms with E-state index in [1.807, 2.05) is 0 Å². The van der Waals surface area contributed by atoms with Gasteiger partial charge in [0.2, 0.25) is 5.91 Å². The first-order valence-electron chi connectivity index (χ1n) is 6.25. The van der Waals surface area contributed by atoms with E-state index in [1.54, 1.807) is 0 Å². The molecule has 3 heteroatoms. The van der Waals surface area contributed by atoms with Crippen molar-refractivity contribution >= 4 is 5.91 Å². The van der Waals surface area contributed by atoms with Crippen molar-refractivity contribution in [3.63, 3.8) is 0 Å². The number of rotatable bonds is 6. The molecule has 0 atom stereocenters. The van der Waals surface area contributed by atoms with Gasteiger partial charge >= 0.3 is 0 Å². The zero-order valence-corrected chi connectivity index (χ0v) is 11.5. The Morgan fingerprint density at radius 1 is 1.19 bits per heavy atom. The number of nitrogens with two attached hydrogens (primary N) is 1. The molecule has 96 valence electrons. The predicted octanol–water partition coefficient (Wildman–Crippen LogP) is 2.30. The molecule has 0 aromatic heterocycles. The van der Waals surface area contributed by atoms with Crippen LogP contribution in [0.25, 0.3) is 0 Å². The lowest BCUT2D eigenvalue weighted by atomic mass is 9.82. The maximum absolute atomic E-state index is 11.7. The average molecular weight is 228 g/mol. The SMILES string of the molecule is CCC(CC)(CN)CNC(=O)CC(C)(C)C. The number of carbonyl (C=O) groups excluding carboxylic acids is 1. The summed E-state index contributed by atoms with van der Waals surface area (Å²) in [6.07, 6.45) is 2.59. The van der Waals surface area contributed by atoms with Crippen molar-refractivity contribution in [2.24, 2.45) is 16.6 Å². The van der Waals surface area contributed by atoms with Crippen LogP contribution in [0.2, 0.25) is 0 Å². The number of hydrogen-bond donors (Lipinski definition) is 2. The highest BCUT2D eigenvalue weighted by Crippen LogP contribution is 2.24. The van der Waals surface area contributed by atoms with Crippen molar-refractivity contribution in [1.82, 2.24) is 5.32 Å². The summed E-state index contributed by atoms with van der Waals surface area (Å²) < 4.78 is 0. The van der Waals surface area contributed by atoms with Gasteiger partial charge in [0.05, 0.1) is 0 Å². The molecule has 0 spiro atoms. The van der Waals surface area contributed by atoms with Crippen LogP contribution in [0.5, 0.6) is 0 Å². The molecular weight excluding hydrogens is 200 g/mol. The lowest BCUT2D eigenvalue weighted by Gasteiger charge is -2.30. The van der Waals surface area contributed by atoms with Crippen LogP contribution >= 0.6 is 0 Å². The number of hydrogen-bond acceptors (Lipinski definition) is 2. The molecule has 3 nitrogen and oxygen atoms in total. The van der Waals surface area contributed by atoms with Crippen LogP contribution in [0.15, 0.2) is 0 Å². The van der Waals surface area contributed by atoms with Crippen molar-refractivity contribution in [2.45, 2.75) is 53.9 Å². The third-order valence-corrected chi connectivity index (χ3v) is 3.28. The quantitative estimate of drug-likeness (QED) is 0.733. The van der Waals surface area contributed by atoms with Crippen LogP contribution in [0, 0.1) is 10.8 Å². The molecule has 0 saturated carbocycles. The van der Waals surface area contributed by atoms with Gasteiger partial charge in [-0.3, -0.25) is 4.79 Å². The smallest absolute Gasteiger partial charge is 0.220 e. The average Bonchev–Trinajstić information content (AvgIpc) is 2.18. The van der Waals surface area contributed by atoms with E-state index < -0.39 is 0 Å². The third kappa shape index (κ3) is 5.50. The van der Waals surface area contributed by atoms with Gasteiger partial charge in [0.15, 0.2) is 0 Å². The first-order valence-corrected chi connectivity index (χ1v) is 6.25. The molecule has 0 aromatic rings. The van der Waals surface area contributed by atoms with Crippen molar-refractivity contribution < 1.29 is 4.79 Å². The lowest BCUT2D eigenvalue weighted by Crippen LogP contribution is -2.42. The molecule has 0 unspecified atom stereocenters. The predicted molar refractivity (Wildman–Crippen MR) is 69.2 cm³/mol. The zero-order chi connectivity index (χ0) is 12.8. The molecule has 3 N–H and O–H groups in total. The Kier molecular flexibility index (Phi) is 6.01. The van der Waals surface area contributed by atoms with Crippen LogP contribution in [-0.2, 0) is 4.79 Å². The van der Waals surface area contributed by atoms with Gasteiger partial charge in [-0.05, 0) is 30.2 Å². The fourth-order valence-corrected chi connectivity index (χ4v) is 1.69. The summed E-state index contributed by atoms with van der Waals surface area (Å²) in [7, 11) is 0. The van der Waals surface area contributed by atoms with E-state index in [-0.39, 0.29) is 16.7 Å². The topological polar surface area (TPSA) is 55.1 Å². The van der Waals surface area contributed by atoms with Gasteiger partial charge in [0, 0.05) is 13.0 Å². The van der Waals surface area contributed by atoms with Gasteiger partial charge in [0.25, 0.3) is 0 Å². The van der Waals surface area contributed by atoms with E-state index in [0.717, 1.165) is 12.8 Å². The molecule has 0 fully saturated rings. The summed E-state index contributed by atoms with van der Waals surface area (Å²) >= 11 is 0. The molecule has 0 saturated heterocycles. The summed E-state index contributed by atoms with van der Waals surface area (Å²) in [5.74, 6) is 0.132. The summed E-state index contributed by atoms with van der Waals surface area (Å²) in [6, 6.07) is 0. The molecule has 0 rings (SSSR count). The molecule has 0 aromatic carbocycles. The number of nitrogens with one attached hydrogen (secondary N) is 1. The van der Waals surface area contributed by atoms with E-state index in [2.05, 4.69) is 39.9 Å². The van der Waals surface area contributed by atoms with E-state index in [0.29, 0.717) is 19.5 Å². The Balaban J connectivity index is 4.17. The fourth-order valence-electron chi connectivity index (χ4n) is 1.69. The van der Waals surface area contributed by atoms with Gasteiger partial charge in [0.1, 0.15) is 0 Å². The summed E-state index contributed by atoms with van der Waals surface area (Å²) in [5.41, 5.74) is 5.92. The first-order chi connectivity index (χ1) is 7.28. The van der Waals surface area contributed by atoms with Gasteiger partial charge in [-0.1, -0.05) is 34.6 Å². The number of amides is 1. The Bertz CT molecular complexity index is 206. The maximum Gasteiger partial charge on any atom is 0.220 e. The molecule has 0 aliphatic rings. The van der Waals surface area contributed by atoms with E-state index in [9.17, 15) is 4.79 Å². The molecule has 0 bridgehead atoms. The van der Waals surface area contributed by atoms with E-state index in [1.165, 1.54) is 0 Å². The van der Waals surface area contributed by atoms with Crippen LogP contribution in [0.3, 0.4) is 0 Å². The molecule has 0 radical (unpaired) electrons. The highest BCUT2D eigenvalue weighted by Gasteiger charge is 2.25. The molecular formula is C13H28N2O. The van der Waals surface area contributed by atoms with Gasteiger partial charge in [-0.25, -0.2) is 0 Å². The van der Waals surface area contributed by atoms with Crippen LogP contribution in [0.1, 0.15) is 53.9 Å². The van der Waals surface area contributed by atoms with Crippen molar-refractivity contribution in [1.29, 1.82) is 0 Å². The first kappa shape index (κ1) is 15.4. The monoisotopic (exact) mass is 228 g/mol. The fraction of sp³-hybridized carbons (Fsp3) is 0.923. The van der Waals surface area contributed by atoms with E-state index >= 15 is 0 Å². The van der Waals surface area contributed by atoms with Crippen molar-refractivity contribution in [2.75, 3.05) is 13.1 Å². The molecule has 16 heavy (non-hydrogen) atoms. The maximum atomic E-state index is 11.7. The molecule has 0 aliphatic carbocycles. The van der Waals surface area contributed by atoms with Crippen molar-refractivity contribution in [3.05, 3.63) is 0 Å². The third-order valence-electron chi connectivity index (χ3n) is 3.28. The summed E-state index contributed by atoms with van der Waals surface area (Å²) in [4.78, 5) is 11.7. The number of carbonyl (C=O) groups is 1. The van der Waals surface area contributed by atoms with E-state index in [4.69, 9.17) is 5.73 Å². The highest BCUT2D eigenvalue weighted by molar-refractivity contribution is 5.76. The van der Waals surface area contributed by atoms with Gasteiger partial charge in [-0.2, -0.15) is 0 Å². The zero-order valence-electron chi connectivity index (χ0n) is 11.5.